The van der Waals surface area contributed by atoms with Gasteiger partial charge in [0, 0.05) is 18.1 Å². The van der Waals surface area contributed by atoms with E-state index in [-0.39, 0.29) is 5.91 Å². The highest BCUT2D eigenvalue weighted by atomic mass is 16.1. The van der Waals surface area contributed by atoms with E-state index in [1.807, 2.05) is 37.3 Å². The Hall–Kier alpha value is -2.89. The fourth-order valence-corrected chi connectivity index (χ4v) is 2.16. The second-order valence-corrected chi connectivity index (χ2v) is 4.85. The van der Waals surface area contributed by atoms with Gasteiger partial charge in [0.05, 0.1) is 17.4 Å². The lowest BCUT2D eigenvalue weighted by molar-refractivity contribution is 0.102. The molecule has 1 amide bonds. The first-order valence-corrected chi connectivity index (χ1v) is 6.51. The van der Waals surface area contributed by atoms with E-state index in [1.54, 1.807) is 7.05 Å². The molecule has 3 rings (SSSR count). The minimum atomic E-state index is -0.295. The maximum atomic E-state index is 12.3. The van der Waals surface area contributed by atoms with Gasteiger partial charge in [-0.15, -0.1) is 0 Å². The van der Waals surface area contributed by atoms with Crippen LogP contribution >= 0.6 is 0 Å². The molecule has 2 heterocycles. The second kappa shape index (κ2) is 4.90. The number of hydrogen-bond acceptors (Lipinski definition) is 4. The van der Waals surface area contributed by atoms with Gasteiger partial charge in [-0.2, -0.15) is 5.10 Å². The number of nitrogens with zero attached hydrogens (tertiary/aromatic N) is 3. The number of amides is 1. The summed E-state index contributed by atoms with van der Waals surface area (Å²) in [5.41, 5.74) is 8.48. The molecular weight excluding hydrogens is 266 g/mol. The normalized spacial score (nSPS) is 10.8. The summed E-state index contributed by atoms with van der Waals surface area (Å²) in [7, 11) is 1.69. The van der Waals surface area contributed by atoms with Crippen molar-refractivity contribution in [3.63, 3.8) is 0 Å². The molecule has 0 unspecified atom stereocenters. The molecule has 0 radical (unpaired) electrons. The van der Waals surface area contributed by atoms with Crippen LogP contribution in [0.2, 0.25) is 0 Å². The molecule has 0 aliphatic rings. The van der Waals surface area contributed by atoms with E-state index in [0.717, 1.165) is 16.6 Å². The SMILES string of the molecule is Cc1ccc2cccc(NC(=O)c3cnn(C)c3N)c2n1. The van der Waals surface area contributed by atoms with Crippen LogP contribution in [0.25, 0.3) is 10.9 Å². The number of benzene rings is 1. The number of rotatable bonds is 2. The van der Waals surface area contributed by atoms with Crippen LogP contribution in [0.1, 0.15) is 16.1 Å². The van der Waals surface area contributed by atoms with Crippen LogP contribution in [-0.2, 0) is 7.05 Å². The molecule has 0 spiro atoms. The third-order valence-electron chi connectivity index (χ3n) is 3.34. The first kappa shape index (κ1) is 13.1. The highest BCUT2D eigenvalue weighted by molar-refractivity contribution is 6.10. The summed E-state index contributed by atoms with van der Waals surface area (Å²) in [6.07, 6.45) is 1.45. The van der Waals surface area contributed by atoms with Crippen LogP contribution in [-0.4, -0.2) is 20.7 Å². The summed E-state index contributed by atoms with van der Waals surface area (Å²) in [5.74, 6) is 0.0354. The fraction of sp³-hybridized carbons (Fsp3) is 0.133. The van der Waals surface area contributed by atoms with E-state index in [9.17, 15) is 4.79 Å². The molecule has 3 aromatic rings. The van der Waals surface area contributed by atoms with Crippen molar-refractivity contribution in [2.24, 2.45) is 7.05 Å². The largest absolute Gasteiger partial charge is 0.383 e. The Balaban J connectivity index is 2.00. The Kier molecular flexibility index (Phi) is 3.06. The van der Waals surface area contributed by atoms with Gasteiger partial charge in [0.2, 0.25) is 0 Å². The van der Waals surface area contributed by atoms with Crippen molar-refractivity contribution in [1.82, 2.24) is 14.8 Å². The lowest BCUT2D eigenvalue weighted by Gasteiger charge is -2.08. The molecule has 106 valence electrons. The average molecular weight is 281 g/mol. The van der Waals surface area contributed by atoms with Crippen molar-refractivity contribution in [3.05, 3.63) is 47.8 Å². The highest BCUT2D eigenvalue weighted by Crippen LogP contribution is 2.23. The van der Waals surface area contributed by atoms with Crippen LogP contribution in [0.15, 0.2) is 36.5 Å². The molecule has 1 aromatic carbocycles. The number of aromatic nitrogens is 3. The molecule has 0 aliphatic carbocycles. The summed E-state index contributed by atoms with van der Waals surface area (Å²) < 4.78 is 1.46. The molecule has 0 bridgehead atoms. The zero-order valence-electron chi connectivity index (χ0n) is 11.8. The number of fused-ring (bicyclic) bond motifs is 1. The molecule has 0 saturated heterocycles. The number of anilines is 2. The Morgan fingerprint density at radius 3 is 2.81 bits per heavy atom. The maximum absolute atomic E-state index is 12.3. The number of aryl methyl sites for hydroxylation is 2. The minimum absolute atomic E-state index is 0.295. The predicted octanol–water partition coefficient (Wildman–Crippen LogP) is 2.11. The molecule has 21 heavy (non-hydrogen) atoms. The molecule has 2 aromatic heterocycles. The molecule has 6 nitrogen and oxygen atoms in total. The standard InChI is InChI=1S/C15H15N5O/c1-9-6-7-10-4-3-5-12(13(10)18-9)19-15(21)11-8-17-20(2)14(11)16/h3-8H,16H2,1-2H3,(H,19,21). The summed E-state index contributed by atoms with van der Waals surface area (Å²) >= 11 is 0. The van der Waals surface area contributed by atoms with E-state index in [4.69, 9.17) is 5.73 Å². The molecule has 3 N–H and O–H groups in total. The summed E-state index contributed by atoms with van der Waals surface area (Å²) in [6, 6.07) is 9.56. The lowest BCUT2D eigenvalue weighted by Crippen LogP contribution is -2.14. The van der Waals surface area contributed by atoms with Gasteiger partial charge in [-0.05, 0) is 19.1 Å². The van der Waals surface area contributed by atoms with Crippen molar-refractivity contribution < 1.29 is 4.79 Å². The number of carbonyl (C=O) groups is 1. The van der Waals surface area contributed by atoms with Crippen molar-refractivity contribution >= 4 is 28.3 Å². The van der Waals surface area contributed by atoms with Gasteiger partial charge in [0.25, 0.3) is 5.91 Å². The van der Waals surface area contributed by atoms with Crippen molar-refractivity contribution in [1.29, 1.82) is 0 Å². The second-order valence-electron chi connectivity index (χ2n) is 4.85. The molecule has 0 atom stereocenters. The quantitative estimate of drug-likeness (QED) is 0.753. The van der Waals surface area contributed by atoms with Gasteiger partial charge in [-0.1, -0.05) is 18.2 Å². The zero-order valence-corrected chi connectivity index (χ0v) is 11.8. The smallest absolute Gasteiger partial charge is 0.261 e. The van der Waals surface area contributed by atoms with Gasteiger partial charge in [0.15, 0.2) is 0 Å². The van der Waals surface area contributed by atoms with Gasteiger partial charge < -0.3 is 11.1 Å². The van der Waals surface area contributed by atoms with E-state index in [1.165, 1.54) is 10.9 Å². The lowest BCUT2D eigenvalue weighted by atomic mass is 10.1. The Labute approximate surface area is 121 Å². The van der Waals surface area contributed by atoms with Gasteiger partial charge >= 0.3 is 0 Å². The third-order valence-corrected chi connectivity index (χ3v) is 3.34. The topological polar surface area (TPSA) is 85.8 Å². The number of nitrogens with one attached hydrogen (secondary N) is 1. The number of para-hydroxylation sites is 1. The molecule has 0 aliphatic heterocycles. The molecule has 0 fully saturated rings. The van der Waals surface area contributed by atoms with Crippen molar-refractivity contribution in [2.45, 2.75) is 6.92 Å². The van der Waals surface area contributed by atoms with Crippen molar-refractivity contribution in [2.75, 3.05) is 11.1 Å². The average Bonchev–Trinajstić information content (AvgIpc) is 2.80. The van der Waals surface area contributed by atoms with Crippen LogP contribution in [0.4, 0.5) is 11.5 Å². The summed E-state index contributed by atoms with van der Waals surface area (Å²) in [4.78, 5) is 16.8. The van der Waals surface area contributed by atoms with Crippen LogP contribution in [0.5, 0.6) is 0 Å². The molecular formula is C15H15N5O. The maximum Gasteiger partial charge on any atom is 0.261 e. The monoisotopic (exact) mass is 281 g/mol. The molecule has 6 heteroatoms. The highest BCUT2D eigenvalue weighted by Gasteiger charge is 2.15. The number of carbonyl (C=O) groups excluding carboxylic acids is 1. The summed E-state index contributed by atoms with van der Waals surface area (Å²) in [5, 5.41) is 7.79. The predicted molar refractivity (Wildman–Crippen MR) is 82.1 cm³/mol. The zero-order chi connectivity index (χ0) is 15.0. The van der Waals surface area contributed by atoms with E-state index in [0.29, 0.717) is 17.1 Å². The van der Waals surface area contributed by atoms with Crippen LogP contribution < -0.4 is 11.1 Å². The third kappa shape index (κ3) is 2.31. The van der Waals surface area contributed by atoms with Gasteiger partial charge in [0.1, 0.15) is 11.4 Å². The molecule has 0 saturated carbocycles. The number of nitrogen functional groups attached to an aromatic ring is 1. The van der Waals surface area contributed by atoms with E-state index < -0.39 is 0 Å². The Morgan fingerprint density at radius 2 is 2.10 bits per heavy atom. The minimum Gasteiger partial charge on any atom is -0.383 e. The van der Waals surface area contributed by atoms with Gasteiger partial charge in [-0.3, -0.25) is 14.5 Å². The van der Waals surface area contributed by atoms with Crippen LogP contribution in [0, 0.1) is 6.92 Å². The Bertz CT molecular complexity index is 837. The first-order valence-electron chi connectivity index (χ1n) is 6.51. The Morgan fingerprint density at radius 1 is 1.29 bits per heavy atom. The fourth-order valence-electron chi connectivity index (χ4n) is 2.16. The number of hydrogen-bond donors (Lipinski definition) is 2. The summed E-state index contributed by atoms with van der Waals surface area (Å²) in [6.45, 7) is 1.91. The van der Waals surface area contributed by atoms with E-state index in [2.05, 4.69) is 15.4 Å². The number of pyridine rings is 1. The van der Waals surface area contributed by atoms with Gasteiger partial charge in [-0.25, -0.2) is 0 Å². The van der Waals surface area contributed by atoms with Crippen LogP contribution in [0.3, 0.4) is 0 Å². The first-order chi connectivity index (χ1) is 10.1. The number of nitrogens with two attached hydrogens (primary N) is 1. The van der Waals surface area contributed by atoms with E-state index >= 15 is 0 Å². The van der Waals surface area contributed by atoms with Crippen molar-refractivity contribution in [3.8, 4) is 0 Å².